The van der Waals surface area contributed by atoms with Crippen LogP contribution in [0.5, 0.6) is 0 Å². The van der Waals surface area contributed by atoms with Crippen LogP contribution in [0.2, 0.25) is 0 Å². The minimum Gasteiger partial charge on any atom is -0.349 e. The van der Waals surface area contributed by atoms with Gasteiger partial charge in [0.2, 0.25) is 0 Å². The molecule has 0 saturated carbocycles. The lowest BCUT2D eigenvalue weighted by Crippen LogP contribution is -2.23. The van der Waals surface area contributed by atoms with Crippen molar-refractivity contribution in [3.8, 4) is 0 Å². The molecular weight excluding hydrogens is 134 g/mol. The average molecular weight is 140 g/mol. The van der Waals surface area contributed by atoms with E-state index < -0.39 is 0 Å². The van der Waals surface area contributed by atoms with E-state index in [-0.39, 0.29) is 11.7 Å². The Kier molecular flexibility index (Phi) is 1.99. The number of nitrogens with one attached hydrogen (secondary N) is 1. The summed E-state index contributed by atoms with van der Waals surface area (Å²) in [4.78, 5) is 14.2. The molecule has 5 nitrogen and oxygen atoms in total. The zero-order chi connectivity index (χ0) is 7.40. The number of hydrogen-bond donors (Lipinski definition) is 1. The molecule has 0 unspecified atom stereocenters. The van der Waals surface area contributed by atoms with Gasteiger partial charge in [0.25, 0.3) is 11.7 Å². The lowest BCUT2D eigenvalue weighted by molar-refractivity contribution is 0.0942. The first-order valence-electron chi connectivity index (χ1n) is 2.82. The molecule has 0 aliphatic carbocycles. The number of hydrogen-bond acceptors (Lipinski definition) is 4. The first-order valence-corrected chi connectivity index (χ1v) is 2.82. The van der Waals surface area contributed by atoms with Gasteiger partial charge in [0.15, 0.2) is 0 Å². The molecular formula is C5H6N3O2. The minimum atomic E-state index is -0.340. The van der Waals surface area contributed by atoms with E-state index in [2.05, 4.69) is 26.4 Å². The Labute approximate surface area is 57.4 Å². The van der Waals surface area contributed by atoms with Crippen molar-refractivity contribution in [1.82, 2.24) is 15.5 Å². The van der Waals surface area contributed by atoms with Crippen LogP contribution in [0, 0.1) is 6.39 Å². The first kappa shape index (κ1) is 6.73. The van der Waals surface area contributed by atoms with E-state index in [1.54, 1.807) is 0 Å². The highest BCUT2D eigenvalue weighted by molar-refractivity contribution is 5.89. The lowest BCUT2D eigenvalue weighted by Gasteiger charge is -1.92. The van der Waals surface area contributed by atoms with Crippen LogP contribution in [0.1, 0.15) is 17.5 Å². The number of nitrogens with zero attached hydrogens (tertiary/aromatic N) is 2. The SMILES string of the molecule is CCNC(=O)c1n[c]on1. The second-order valence-electron chi connectivity index (χ2n) is 1.57. The normalized spacial score (nSPS) is 9.30. The largest absolute Gasteiger partial charge is 0.349 e. The molecule has 0 aromatic carbocycles. The van der Waals surface area contributed by atoms with Gasteiger partial charge in [0.05, 0.1) is 0 Å². The summed E-state index contributed by atoms with van der Waals surface area (Å²) in [6.45, 7) is 2.36. The number of amides is 1. The fourth-order valence-electron chi connectivity index (χ4n) is 0.480. The minimum absolute atomic E-state index is 0.0156. The molecule has 5 heteroatoms. The van der Waals surface area contributed by atoms with E-state index in [0.29, 0.717) is 6.54 Å². The monoisotopic (exact) mass is 140 g/mol. The molecule has 0 saturated heterocycles. The Hall–Kier alpha value is -1.39. The summed E-state index contributed by atoms with van der Waals surface area (Å²) in [5, 5.41) is 5.79. The Morgan fingerprint density at radius 1 is 1.90 bits per heavy atom. The molecule has 1 aromatic heterocycles. The van der Waals surface area contributed by atoms with E-state index >= 15 is 0 Å². The molecule has 0 bridgehead atoms. The molecule has 0 atom stereocenters. The Morgan fingerprint density at radius 2 is 2.70 bits per heavy atom. The summed E-state index contributed by atoms with van der Waals surface area (Å²) in [6.07, 6.45) is 2.07. The quantitative estimate of drug-likeness (QED) is 0.608. The second-order valence-corrected chi connectivity index (χ2v) is 1.57. The molecule has 1 heterocycles. The van der Waals surface area contributed by atoms with Gasteiger partial charge in [-0.05, 0) is 6.92 Å². The third kappa shape index (κ3) is 1.31. The Bertz CT molecular complexity index is 207. The van der Waals surface area contributed by atoms with Crippen molar-refractivity contribution in [3.63, 3.8) is 0 Å². The van der Waals surface area contributed by atoms with Crippen molar-refractivity contribution in [2.45, 2.75) is 6.92 Å². The molecule has 10 heavy (non-hydrogen) atoms. The topological polar surface area (TPSA) is 68.0 Å². The van der Waals surface area contributed by atoms with E-state index in [9.17, 15) is 4.79 Å². The molecule has 53 valence electrons. The van der Waals surface area contributed by atoms with Crippen LogP contribution in [-0.4, -0.2) is 22.6 Å². The van der Waals surface area contributed by atoms with E-state index in [0.717, 1.165) is 0 Å². The maximum Gasteiger partial charge on any atom is 0.316 e. The maximum atomic E-state index is 10.8. The molecule has 1 amide bonds. The Balaban J connectivity index is 2.59. The Morgan fingerprint density at radius 3 is 3.20 bits per heavy atom. The van der Waals surface area contributed by atoms with Gasteiger partial charge in [-0.25, -0.2) is 0 Å². The van der Waals surface area contributed by atoms with Crippen molar-refractivity contribution < 1.29 is 9.32 Å². The standard InChI is InChI=1S/C5H6N3O2/c1-2-6-5(9)4-7-3-10-8-4/h2H2,1H3,(H,6,9). The highest BCUT2D eigenvalue weighted by Gasteiger charge is 2.07. The number of rotatable bonds is 2. The van der Waals surface area contributed by atoms with Gasteiger partial charge in [-0.1, -0.05) is 5.16 Å². The van der Waals surface area contributed by atoms with E-state index in [1.165, 1.54) is 0 Å². The van der Waals surface area contributed by atoms with Gasteiger partial charge < -0.3 is 9.84 Å². The predicted molar refractivity (Wildman–Crippen MR) is 31.1 cm³/mol. The third-order valence-electron chi connectivity index (χ3n) is 0.865. The lowest BCUT2D eigenvalue weighted by atomic mass is 10.5. The summed E-state index contributed by atoms with van der Waals surface area (Å²) < 4.78 is 4.24. The van der Waals surface area contributed by atoms with Crippen LogP contribution < -0.4 is 5.32 Å². The van der Waals surface area contributed by atoms with Gasteiger partial charge >= 0.3 is 6.39 Å². The number of aromatic nitrogens is 2. The van der Waals surface area contributed by atoms with Crippen molar-refractivity contribution in [1.29, 1.82) is 0 Å². The van der Waals surface area contributed by atoms with Crippen molar-refractivity contribution >= 4 is 5.91 Å². The summed E-state index contributed by atoms with van der Waals surface area (Å²) in [5.41, 5.74) is 0. The fourth-order valence-corrected chi connectivity index (χ4v) is 0.480. The van der Waals surface area contributed by atoms with Crippen LogP contribution in [0.3, 0.4) is 0 Å². The predicted octanol–water partition coefficient (Wildman–Crippen LogP) is -0.381. The second kappa shape index (κ2) is 2.95. The summed E-state index contributed by atoms with van der Waals surface area (Å²) >= 11 is 0. The highest BCUT2D eigenvalue weighted by atomic mass is 16.5. The van der Waals surface area contributed by atoms with Crippen LogP contribution in [0.15, 0.2) is 4.52 Å². The van der Waals surface area contributed by atoms with Gasteiger partial charge in [-0.3, -0.25) is 4.79 Å². The zero-order valence-electron chi connectivity index (χ0n) is 5.42. The molecule has 0 spiro atoms. The maximum absolute atomic E-state index is 10.8. The third-order valence-corrected chi connectivity index (χ3v) is 0.865. The van der Waals surface area contributed by atoms with Gasteiger partial charge in [-0.2, -0.15) is 4.98 Å². The molecule has 0 aliphatic rings. The fraction of sp³-hybridized carbons (Fsp3) is 0.400. The summed E-state index contributed by atoms with van der Waals surface area (Å²) in [7, 11) is 0. The number of carbonyl (C=O) groups excluding carboxylic acids is 1. The summed E-state index contributed by atoms with van der Waals surface area (Å²) in [6, 6.07) is 0. The smallest absolute Gasteiger partial charge is 0.316 e. The van der Waals surface area contributed by atoms with Gasteiger partial charge in [-0.15, -0.1) is 0 Å². The van der Waals surface area contributed by atoms with Crippen LogP contribution in [0.25, 0.3) is 0 Å². The van der Waals surface area contributed by atoms with Crippen molar-refractivity contribution in [2.24, 2.45) is 0 Å². The molecule has 0 aliphatic heterocycles. The van der Waals surface area contributed by atoms with Crippen molar-refractivity contribution in [2.75, 3.05) is 6.54 Å². The molecule has 1 rings (SSSR count). The van der Waals surface area contributed by atoms with Gasteiger partial charge in [0.1, 0.15) is 0 Å². The molecule has 0 fully saturated rings. The van der Waals surface area contributed by atoms with Crippen molar-refractivity contribution in [3.05, 3.63) is 12.2 Å². The molecule has 1 radical (unpaired) electrons. The van der Waals surface area contributed by atoms with Crippen LogP contribution in [0.4, 0.5) is 0 Å². The number of carbonyl (C=O) groups is 1. The highest BCUT2D eigenvalue weighted by Crippen LogP contribution is 1.85. The van der Waals surface area contributed by atoms with Crippen LogP contribution in [-0.2, 0) is 0 Å². The zero-order valence-corrected chi connectivity index (χ0v) is 5.42. The average Bonchev–Trinajstić information content (AvgIpc) is 2.38. The summed E-state index contributed by atoms with van der Waals surface area (Å²) in [5.74, 6) is -0.325. The first-order chi connectivity index (χ1) is 4.84. The molecule has 1 N–H and O–H groups in total. The van der Waals surface area contributed by atoms with E-state index in [1.807, 2.05) is 6.92 Å². The van der Waals surface area contributed by atoms with Crippen LogP contribution >= 0.6 is 0 Å². The molecule has 1 aromatic rings. The van der Waals surface area contributed by atoms with Gasteiger partial charge in [0, 0.05) is 6.54 Å². The van der Waals surface area contributed by atoms with E-state index in [4.69, 9.17) is 0 Å².